The van der Waals surface area contributed by atoms with E-state index in [9.17, 15) is 0 Å². The summed E-state index contributed by atoms with van der Waals surface area (Å²) in [5, 5.41) is 7.40. The van der Waals surface area contributed by atoms with Crippen LogP contribution in [0.25, 0.3) is 33.3 Å². The minimum atomic E-state index is -0.116. The van der Waals surface area contributed by atoms with E-state index in [2.05, 4.69) is 118 Å². The maximum absolute atomic E-state index is 6.48. The Morgan fingerprint density at radius 1 is 0.891 bits per heavy atom. The fraction of sp³-hybridized carbons (Fsp3) is 0.300. The van der Waals surface area contributed by atoms with E-state index in [-0.39, 0.29) is 26.5 Å². The molecule has 3 aromatic heterocycles. The molecule has 2 atom stereocenters. The minimum absolute atomic E-state index is 0. The number of fused-ring (bicyclic) bond motifs is 3. The largest absolute Gasteiger partial charge is 2.00 e. The van der Waals surface area contributed by atoms with Gasteiger partial charge in [-0.25, -0.2) is 4.98 Å². The van der Waals surface area contributed by atoms with Crippen molar-refractivity contribution >= 4 is 21.8 Å². The zero-order chi connectivity index (χ0) is 31.5. The third-order valence-corrected chi connectivity index (χ3v) is 9.16. The van der Waals surface area contributed by atoms with E-state index in [1.807, 2.05) is 30.5 Å². The number of hydrogen-bond acceptors (Lipinski definition) is 3. The second-order valence-corrected chi connectivity index (χ2v) is 13.6. The Balaban J connectivity index is 0.00000372. The zero-order valence-corrected chi connectivity index (χ0v) is 29.9. The van der Waals surface area contributed by atoms with Crippen molar-refractivity contribution in [1.29, 1.82) is 0 Å². The van der Waals surface area contributed by atoms with Crippen LogP contribution in [0.15, 0.2) is 84.6 Å². The fourth-order valence-corrected chi connectivity index (χ4v) is 7.19. The number of para-hydroxylation sites is 1. The molecule has 6 aromatic rings. The van der Waals surface area contributed by atoms with Crippen LogP contribution >= 0.6 is 0 Å². The molecule has 0 bridgehead atoms. The fourth-order valence-electron chi connectivity index (χ4n) is 7.19. The number of ether oxygens (including phenoxy) is 1. The van der Waals surface area contributed by atoms with Gasteiger partial charge in [-0.15, -0.1) is 35.7 Å². The van der Waals surface area contributed by atoms with E-state index in [0.29, 0.717) is 23.3 Å². The van der Waals surface area contributed by atoms with Crippen molar-refractivity contribution in [1.82, 2.24) is 19.3 Å². The summed E-state index contributed by atoms with van der Waals surface area (Å²) in [6, 6.07) is 29.8. The number of benzene rings is 3. The first-order valence-corrected chi connectivity index (χ1v) is 16.0. The van der Waals surface area contributed by atoms with Gasteiger partial charge in [0.2, 0.25) is 0 Å². The third-order valence-electron chi connectivity index (χ3n) is 9.16. The third kappa shape index (κ3) is 5.64. The summed E-state index contributed by atoms with van der Waals surface area (Å²) in [5.74, 6) is 3.05. The molecule has 3 heterocycles. The second kappa shape index (κ2) is 12.3. The van der Waals surface area contributed by atoms with Crippen molar-refractivity contribution in [3.63, 3.8) is 0 Å². The van der Waals surface area contributed by atoms with Crippen LogP contribution in [0.1, 0.15) is 75.9 Å². The molecule has 0 amide bonds. The Kier molecular flexibility index (Phi) is 8.58. The number of aryl methyl sites for hydroxylation is 2. The molecule has 5 nitrogen and oxygen atoms in total. The predicted molar refractivity (Wildman–Crippen MR) is 183 cm³/mol. The summed E-state index contributed by atoms with van der Waals surface area (Å²) in [5.41, 5.74) is 9.06. The summed E-state index contributed by atoms with van der Waals surface area (Å²) in [7, 11) is 0. The van der Waals surface area contributed by atoms with Crippen LogP contribution in [0.4, 0.5) is 0 Å². The van der Waals surface area contributed by atoms with E-state index in [0.717, 1.165) is 51.0 Å². The van der Waals surface area contributed by atoms with Crippen LogP contribution in [-0.2, 0) is 26.5 Å². The van der Waals surface area contributed by atoms with Crippen LogP contribution in [0.3, 0.4) is 0 Å². The quantitative estimate of drug-likeness (QED) is 0.129. The zero-order valence-electron chi connectivity index (χ0n) is 27.6. The summed E-state index contributed by atoms with van der Waals surface area (Å²) in [6.45, 7) is 15.7. The molecular formula is C40H40N4OPt. The maximum Gasteiger partial charge on any atom is 2.00 e. The normalized spacial score (nSPS) is 16.8. The van der Waals surface area contributed by atoms with Crippen molar-refractivity contribution in [3.05, 3.63) is 119 Å². The summed E-state index contributed by atoms with van der Waals surface area (Å²) in [4.78, 5) is 4.70. The molecule has 236 valence electrons. The van der Waals surface area contributed by atoms with Crippen molar-refractivity contribution in [2.45, 2.75) is 72.6 Å². The van der Waals surface area contributed by atoms with Gasteiger partial charge < -0.3 is 9.30 Å². The summed E-state index contributed by atoms with van der Waals surface area (Å²) >= 11 is 0. The summed E-state index contributed by atoms with van der Waals surface area (Å²) in [6.07, 6.45) is 6.62. The van der Waals surface area contributed by atoms with Crippen LogP contribution < -0.4 is 4.74 Å². The van der Waals surface area contributed by atoms with Crippen molar-refractivity contribution in [2.24, 2.45) is 5.92 Å². The number of rotatable bonds is 5. The van der Waals surface area contributed by atoms with Gasteiger partial charge in [0.05, 0.1) is 11.4 Å². The molecule has 1 unspecified atom stereocenters. The molecule has 6 heteroatoms. The van der Waals surface area contributed by atoms with Crippen LogP contribution in [0.5, 0.6) is 11.5 Å². The van der Waals surface area contributed by atoms with Gasteiger partial charge in [-0.2, -0.15) is 17.2 Å². The standard InChI is InChI=1S/C40H40N4O.Pt/c1-25-20-21-41-36(22-25)43-34-17-9-8-16-32(34)33-19-18-31(24-35(33)43)45-30-15-11-14-29(23-30)44-39(40(5,6)7)38(28(4)42-44)37-26(2)12-10-13-27(37)3;/h8-9,11-12,14-22,27,37H,10,13H2,1-7H3;/q-2;+2/t27-,37?;/m0./s1. The van der Waals surface area contributed by atoms with Crippen molar-refractivity contribution in [2.75, 3.05) is 0 Å². The molecule has 3 aromatic carbocycles. The first-order chi connectivity index (χ1) is 21.6. The number of allylic oxidation sites excluding steroid dienone is 2. The van der Waals surface area contributed by atoms with Gasteiger partial charge in [0, 0.05) is 40.1 Å². The van der Waals surface area contributed by atoms with Crippen molar-refractivity contribution < 1.29 is 25.8 Å². The van der Waals surface area contributed by atoms with E-state index < -0.39 is 0 Å². The molecule has 0 saturated carbocycles. The molecule has 0 aliphatic heterocycles. The van der Waals surface area contributed by atoms with Gasteiger partial charge in [-0.1, -0.05) is 63.1 Å². The van der Waals surface area contributed by atoms with E-state index in [1.165, 1.54) is 23.3 Å². The first kappa shape index (κ1) is 32.0. The van der Waals surface area contributed by atoms with Gasteiger partial charge >= 0.3 is 21.1 Å². The van der Waals surface area contributed by atoms with Gasteiger partial charge in [0.25, 0.3) is 0 Å². The maximum atomic E-state index is 6.48. The van der Waals surface area contributed by atoms with Gasteiger partial charge in [-0.05, 0) is 74.4 Å². The molecule has 0 radical (unpaired) electrons. The van der Waals surface area contributed by atoms with Crippen molar-refractivity contribution in [3.8, 4) is 23.0 Å². The van der Waals surface area contributed by atoms with Gasteiger partial charge in [0.15, 0.2) is 0 Å². The number of nitrogens with zero attached hydrogens (tertiary/aromatic N) is 4. The molecule has 0 spiro atoms. The minimum Gasteiger partial charge on any atom is -0.509 e. The predicted octanol–water partition coefficient (Wildman–Crippen LogP) is 10.1. The molecule has 1 aliphatic rings. The van der Waals surface area contributed by atoms with Crippen LogP contribution in [0, 0.1) is 31.9 Å². The first-order valence-electron chi connectivity index (χ1n) is 16.0. The van der Waals surface area contributed by atoms with Crippen LogP contribution in [-0.4, -0.2) is 19.3 Å². The molecular weight excluding hydrogens is 748 g/mol. The second-order valence-electron chi connectivity index (χ2n) is 13.6. The molecule has 1 aliphatic carbocycles. The molecule has 0 saturated heterocycles. The van der Waals surface area contributed by atoms with E-state index in [1.54, 1.807) is 0 Å². The van der Waals surface area contributed by atoms with Gasteiger partial charge in [0.1, 0.15) is 5.82 Å². The Labute approximate surface area is 286 Å². The Morgan fingerprint density at radius 3 is 2.43 bits per heavy atom. The molecule has 7 rings (SSSR count). The number of hydrogen-bond donors (Lipinski definition) is 0. The van der Waals surface area contributed by atoms with E-state index in [4.69, 9.17) is 14.8 Å². The number of aromatic nitrogens is 4. The average Bonchev–Trinajstić information content (AvgIpc) is 3.52. The summed E-state index contributed by atoms with van der Waals surface area (Å²) < 4.78 is 10.7. The Morgan fingerprint density at radius 2 is 1.67 bits per heavy atom. The van der Waals surface area contributed by atoms with E-state index >= 15 is 0 Å². The molecule has 46 heavy (non-hydrogen) atoms. The monoisotopic (exact) mass is 787 g/mol. The average molecular weight is 788 g/mol. The van der Waals surface area contributed by atoms with Crippen LogP contribution in [0.2, 0.25) is 0 Å². The molecule has 0 fully saturated rings. The molecule has 0 N–H and O–H groups in total. The smallest absolute Gasteiger partial charge is 0.509 e. The van der Waals surface area contributed by atoms with Gasteiger partial charge in [-0.3, -0.25) is 4.68 Å². The SMILES string of the molecule is CC1=CCC[C@H](C)C1c1c(C)nn(-c2[c-]c(Oc3[c-]c4c(cc3)c3ccccc3n4-c3cc(C)ccn3)ccc2)c1C(C)(C)C.[Pt+2]. The number of pyridine rings is 1. The topological polar surface area (TPSA) is 44.9 Å². The Hall–Kier alpha value is -3.95. The Bertz CT molecular complexity index is 2090.